The van der Waals surface area contributed by atoms with Crippen LogP contribution in [-0.4, -0.2) is 31.1 Å². The molecule has 0 spiro atoms. The first kappa shape index (κ1) is 15.1. The Morgan fingerprint density at radius 3 is 2.76 bits per heavy atom. The summed E-state index contributed by atoms with van der Waals surface area (Å²) < 4.78 is 0. The van der Waals surface area contributed by atoms with Gasteiger partial charge in [-0.05, 0) is 80.8 Å². The summed E-state index contributed by atoms with van der Waals surface area (Å²) in [4.78, 5) is 2.69. The van der Waals surface area contributed by atoms with E-state index in [1.54, 1.807) is 11.1 Å². The van der Waals surface area contributed by atoms with E-state index in [4.69, 9.17) is 0 Å². The van der Waals surface area contributed by atoms with Crippen LogP contribution < -0.4 is 5.32 Å². The SMILES string of the molecule is CCCN(Cc1ccc2c(c1)CCC2)CC1CCNCC1. The Balaban J connectivity index is 1.61. The van der Waals surface area contributed by atoms with Crippen LogP contribution in [-0.2, 0) is 19.4 Å². The van der Waals surface area contributed by atoms with Gasteiger partial charge in [-0.3, -0.25) is 4.90 Å². The minimum atomic E-state index is 0.896. The molecule has 0 amide bonds. The van der Waals surface area contributed by atoms with Crippen molar-refractivity contribution in [2.75, 3.05) is 26.2 Å². The Morgan fingerprint density at radius 2 is 1.95 bits per heavy atom. The van der Waals surface area contributed by atoms with E-state index in [-0.39, 0.29) is 0 Å². The Morgan fingerprint density at radius 1 is 1.14 bits per heavy atom. The van der Waals surface area contributed by atoms with Crippen molar-refractivity contribution >= 4 is 0 Å². The third-order valence-corrected chi connectivity index (χ3v) is 5.08. The van der Waals surface area contributed by atoms with Crippen LogP contribution in [0.2, 0.25) is 0 Å². The molecule has 0 aromatic heterocycles. The number of rotatable bonds is 6. The first-order valence-corrected chi connectivity index (χ1v) is 8.89. The third kappa shape index (κ3) is 4.08. The van der Waals surface area contributed by atoms with Crippen molar-refractivity contribution in [2.45, 2.75) is 52.0 Å². The summed E-state index contributed by atoms with van der Waals surface area (Å²) in [5.41, 5.74) is 4.74. The highest BCUT2D eigenvalue weighted by atomic mass is 15.1. The van der Waals surface area contributed by atoms with Gasteiger partial charge in [0, 0.05) is 13.1 Å². The summed E-state index contributed by atoms with van der Waals surface area (Å²) in [5, 5.41) is 3.48. The van der Waals surface area contributed by atoms with Gasteiger partial charge in [0.05, 0.1) is 0 Å². The molecule has 3 rings (SSSR count). The van der Waals surface area contributed by atoms with Gasteiger partial charge in [-0.15, -0.1) is 0 Å². The quantitative estimate of drug-likeness (QED) is 0.862. The standard InChI is InChI=1S/C19H30N2/c1-2-12-21(14-16-8-10-20-11-9-16)15-17-6-7-18-4-3-5-19(18)13-17/h6-7,13,16,20H,2-5,8-12,14-15H2,1H3. The van der Waals surface area contributed by atoms with Crippen molar-refractivity contribution in [3.05, 3.63) is 34.9 Å². The van der Waals surface area contributed by atoms with Gasteiger partial charge in [0.15, 0.2) is 0 Å². The zero-order chi connectivity index (χ0) is 14.5. The number of nitrogens with zero attached hydrogens (tertiary/aromatic N) is 1. The molecule has 0 radical (unpaired) electrons. The largest absolute Gasteiger partial charge is 0.317 e. The lowest BCUT2D eigenvalue weighted by Gasteiger charge is -2.30. The van der Waals surface area contributed by atoms with Crippen LogP contribution in [0.5, 0.6) is 0 Å². The molecule has 1 saturated heterocycles. The molecule has 1 N–H and O–H groups in total. The fourth-order valence-corrected chi connectivity index (χ4v) is 3.96. The van der Waals surface area contributed by atoms with Gasteiger partial charge >= 0.3 is 0 Å². The van der Waals surface area contributed by atoms with Crippen LogP contribution in [0.4, 0.5) is 0 Å². The van der Waals surface area contributed by atoms with Crippen LogP contribution in [0.3, 0.4) is 0 Å². The molecule has 0 bridgehead atoms. The molecule has 1 aliphatic carbocycles. The molecule has 21 heavy (non-hydrogen) atoms. The molecule has 0 saturated carbocycles. The van der Waals surface area contributed by atoms with Crippen molar-refractivity contribution in [1.82, 2.24) is 10.2 Å². The Kier molecular flexibility index (Phi) is 5.32. The smallest absolute Gasteiger partial charge is 0.0233 e. The first-order chi connectivity index (χ1) is 10.3. The lowest BCUT2D eigenvalue weighted by atomic mass is 9.97. The van der Waals surface area contributed by atoms with E-state index < -0.39 is 0 Å². The fourth-order valence-electron chi connectivity index (χ4n) is 3.96. The number of nitrogens with one attached hydrogen (secondary N) is 1. The molecule has 116 valence electrons. The van der Waals surface area contributed by atoms with Crippen molar-refractivity contribution in [3.63, 3.8) is 0 Å². The number of aryl methyl sites for hydroxylation is 2. The van der Waals surface area contributed by atoms with Crippen LogP contribution >= 0.6 is 0 Å². The van der Waals surface area contributed by atoms with E-state index in [0.29, 0.717) is 0 Å². The van der Waals surface area contributed by atoms with Gasteiger partial charge in [-0.2, -0.15) is 0 Å². The topological polar surface area (TPSA) is 15.3 Å². The molecule has 1 heterocycles. The molecule has 2 heteroatoms. The Hall–Kier alpha value is -0.860. The first-order valence-electron chi connectivity index (χ1n) is 8.89. The molecule has 1 fully saturated rings. The second-order valence-electron chi connectivity index (χ2n) is 6.89. The van der Waals surface area contributed by atoms with E-state index in [0.717, 1.165) is 12.5 Å². The molecule has 2 aliphatic rings. The molecular weight excluding hydrogens is 256 g/mol. The number of hydrogen-bond donors (Lipinski definition) is 1. The predicted molar refractivity (Wildman–Crippen MR) is 89.6 cm³/mol. The van der Waals surface area contributed by atoms with Crippen LogP contribution in [0, 0.1) is 5.92 Å². The summed E-state index contributed by atoms with van der Waals surface area (Å²) in [6, 6.07) is 7.23. The zero-order valence-electron chi connectivity index (χ0n) is 13.5. The van der Waals surface area contributed by atoms with Gasteiger partial charge in [-0.25, -0.2) is 0 Å². The average molecular weight is 286 g/mol. The van der Waals surface area contributed by atoms with Gasteiger partial charge in [-0.1, -0.05) is 25.1 Å². The summed E-state index contributed by atoms with van der Waals surface area (Å²) in [7, 11) is 0. The second kappa shape index (κ2) is 7.42. The number of benzene rings is 1. The van der Waals surface area contributed by atoms with Gasteiger partial charge in [0.25, 0.3) is 0 Å². The molecule has 2 nitrogen and oxygen atoms in total. The molecule has 1 aliphatic heterocycles. The molecule has 0 atom stereocenters. The molecule has 1 aromatic carbocycles. The number of piperidine rings is 1. The lowest BCUT2D eigenvalue weighted by molar-refractivity contribution is 0.199. The van der Waals surface area contributed by atoms with Crippen molar-refractivity contribution in [3.8, 4) is 0 Å². The van der Waals surface area contributed by atoms with Gasteiger partial charge in [0.2, 0.25) is 0 Å². The van der Waals surface area contributed by atoms with Crippen LogP contribution in [0.1, 0.15) is 49.3 Å². The van der Waals surface area contributed by atoms with E-state index >= 15 is 0 Å². The highest BCUT2D eigenvalue weighted by Crippen LogP contribution is 2.24. The van der Waals surface area contributed by atoms with E-state index in [1.165, 1.54) is 70.3 Å². The van der Waals surface area contributed by atoms with Gasteiger partial charge in [0.1, 0.15) is 0 Å². The lowest BCUT2D eigenvalue weighted by Crippen LogP contribution is -2.36. The minimum Gasteiger partial charge on any atom is -0.317 e. The number of fused-ring (bicyclic) bond motifs is 1. The van der Waals surface area contributed by atoms with E-state index in [1.807, 2.05) is 0 Å². The molecule has 1 aromatic rings. The van der Waals surface area contributed by atoms with Crippen LogP contribution in [0.25, 0.3) is 0 Å². The highest BCUT2D eigenvalue weighted by molar-refractivity contribution is 5.35. The predicted octanol–water partition coefficient (Wildman–Crippen LogP) is 3.39. The monoisotopic (exact) mass is 286 g/mol. The summed E-state index contributed by atoms with van der Waals surface area (Å²) in [5.74, 6) is 0.896. The Labute approximate surface area is 129 Å². The summed E-state index contributed by atoms with van der Waals surface area (Å²) in [6.45, 7) is 8.39. The van der Waals surface area contributed by atoms with Crippen molar-refractivity contribution in [1.29, 1.82) is 0 Å². The summed E-state index contributed by atoms with van der Waals surface area (Å²) >= 11 is 0. The highest BCUT2D eigenvalue weighted by Gasteiger charge is 2.17. The van der Waals surface area contributed by atoms with Gasteiger partial charge < -0.3 is 5.32 Å². The molecular formula is C19H30N2. The Bertz CT molecular complexity index is 449. The van der Waals surface area contributed by atoms with E-state index in [9.17, 15) is 0 Å². The second-order valence-corrected chi connectivity index (χ2v) is 6.89. The fraction of sp³-hybridized carbons (Fsp3) is 0.684. The minimum absolute atomic E-state index is 0.896. The average Bonchev–Trinajstić information content (AvgIpc) is 2.96. The van der Waals surface area contributed by atoms with Crippen LogP contribution in [0.15, 0.2) is 18.2 Å². The maximum atomic E-state index is 3.48. The van der Waals surface area contributed by atoms with Crippen molar-refractivity contribution < 1.29 is 0 Å². The third-order valence-electron chi connectivity index (χ3n) is 5.08. The number of hydrogen-bond acceptors (Lipinski definition) is 2. The molecule has 0 unspecified atom stereocenters. The maximum absolute atomic E-state index is 3.48. The van der Waals surface area contributed by atoms with Crippen molar-refractivity contribution in [2.24, 2.45) is 5.92 Å². The van der Waals surface area contributed by atoms with E-state index in [2.05, 4.69) is 35.3 Å². The normalized spacial score (nSPS) is 19.1. The zero-order valence-corrected chi connectivity index (χ0v) is 13.5. The maximum Gasteiger partial charge on any atom is 0.0233 e. The summed E-state index contributed by atoms with van der Waals surface area (Å²) in [6.07, 6.45) is 7.91.